The second-order valence-corrected chi connectivity index (χ2v) is 8.15. The van der Waals surface area contributed by atoms with Crippen molar-refractivity contribution in [3.05, 3.63) is 107 Å². The van der Waals surface area contributed by atoms with Gasteiger partial charge in [-0.3, -0.25) is 9.97 Å². The lowest BCUT2D eigenvalue weighted by atomic mass is 10.0. The molecule has 3 aromatic heterocycles. The fourth-order valence-corrected chi connectivity index (χ4v) is 4.29. The minimum absolute atomic E-state index is 0.130. The highest BCUT2D eigenvalue weighted by Crippen LogP contribution is 2.41. The Morgan fingerprint density at radius 3 is 2.61 bits per heavy atom. The van der Waals surface area contributed by atoms with E-state index in [9.17, 15) is 0 Å². The Hall–Kier alpha value is -3.22. The van der Waals surface area contributed by atoms with Crippen molar-refractivity contribution in [3.8, 4) is 11.3 Å². The first-order valence-electron chi connectivity index (χ1n) is 9.92. The lowest BCUT2D eigenvalue weighted by Crippen LogP contribution is -2.29. The number of benzene rings is 1. The molecule has 0 radical (unpaired) electrons. The Morgan fingerprint density at radius 1 is 1.00 bits per heavy atom. The summed E-state index contributed by atoms with van der Waals surface area (Å²) in [5.41, 5.74) is 2.95. The van der Waals surface area contributed by atoms with Gasteiger partial charge in [0.15, 0.2) is 5.11 Å². The fraction of sp³-hybridized carbons (Fsp3) is 0.125. The number of halogens is 1. The largest absolute Gasteiger partial charge is 0.459 e. The molecule has 0 unspecified atom stereocenters. The van der Waals surface area contributed by atoms with Gasteiger partial charge in [0.05, 0.1) is 11.7 Å². The zero-order chi connectivity index (χ0) is 21.2. The van der Waals surface area contributed by atoms with Gasteiger partial charge in [-0.15, -0.1) is 0 Å². The number of furan rings is 1. The van der Waals surface area contributed by atoms with Gasteiger partial charge in [-0.2, -0.15) is 0 Å². The van der Waals surface area contributed by atoms with Gasteiger partial charge in [-0.1, -0.05) is 23.7 Å². The molecule has 5 rings (SSSR count). The van der Waals surface area contributed by atoms with Crippen LogP contribution in [0.25, 0.3) is 11.3 Å². The monoisotopic (exact) mass is 446 g/mol. The second-order valence-electron chi connectivity index (χ2n) is 7.32. The van der Waals surface area contributed by atoms with E-state index < -0.39 is 0 Å². The van der Waals surface area contributed by atoms with Crippen LogP contribution in [-0.4, -0.2) is 20.0 Å². The molecule has 154 valence electrons. The number of hydrogen-bond donors (Lipinski definition) is 1. The fourth-order valence-electron chi connectivity index (χ4n) is 3.85. The predicted octanol–water partition coefficient (Wildman–Crippen LogP) is 5.56. The third-order valence-electron chi connectivity index (χ3n) is 5.32. The maximum atomic E-state index is 6.33. The molecule has 0 aliphatic carbocycles. The first-order valence-corrected chi connectivity index (χ1v) is 10.7. The lowest BCUT2D eigenvalue weighted by molar-refractivity contribution is 0.269. The summed E-state index contributed by atoms with van der Waals surface area (Å²) in [7, 11) is 0. The second kappa shape index (κ2) is 8.49. The molecule has 1 fully saturated rings. The average Bonchev–Trinajstić information content (AvgIpc) is 3.41. The number of aromatic nitrogens is 2. The number of rotatable bonds is 5. The minimum Gasteiger partial charge on any atom is -0.459 e. The maximum Gasteiger partial charge on any atom is 0.170 e. The van der Waals surface area contributed by atoms with Crippen molar-refractivity contribution in [3.63, 3.8) is 0 Å². The van der Waals surface area contributed by atoms with Crippen LogP contribution in [0.15, 0.2) is 89.7 Å². The van der Waals surface area contributed by atoms with E-state index in [4.69, 9.17) is 28.2 Å². The summed E-state index contributed by atoms with van der Waals surface area (Å²) in [5.74, 6) is 1.60. The van der Waals surface area contributed by atoms with Crippen molar-refractivity contribution >= 4 is 28.9 Å². The van der Waals surface area contributed by atoms with Crippen molar-refractivity contribution in [1.29, 1.82) is 0 Å². The van der Waals surface area contributed by atoms with Crippen LogP contribution in [-0.2, 0) is 6.54 Å². The normalized spacial score (nSPS) is 18.2. The van der Waals surface area contributed by atoms with E-state index in [1.165, 1.54) is 0 Å². The minimum atomic E-state index is -0.149. The number of thiocarbonyl (C=S) groups is 1. The van der Waals surface area contributed by atoms with Gasteiger partial charge in [-0.05, 0) is 72.4 Å². The molecule has 5 nitrogen and oxygen atoms in total. The topological polar surface area (TPSA) is 54.2 Å². The van der Waals surface area contributed by atoms with Crippen LogP contribution in [0.5, 0.6) is 0 Å². The number of nitrogens with zero attached hydrogens (tertiary/aromatic N) is 3. The highest BCUT2D eigenvalue weighted by molar-refractivity contribution is 7.80. The van der Waals surface area contributed by atoms with E-state index in [0.717, 1.165) is 28.3 Å². The highest BCUT2D eigenvalue weighted by Gasteiger charge is 2.41. The molecule has 0 spiro atoms. The van der Waals surface area contributed by atoms with Gasteiger partial charge in [0.2, 0.25) is 0 Å². The molecule has 1 aliphatic heterocycles. The van der Waals surface area contributed by atoms with Gasteiger partial charge in [0.1, 0.15) is 17.6 Å². The summed E-state index contributed by atoms with van der Waals surface area (Å²) in [4.78, 5) is 10.9. The summed E-state index contributed by atoms with van der Waals surface area (Å²) >= 11 is 11.8. The molecular formula is C24H19ClN4OS. The Labute approximate surface area is 190 Å². The van der Waals surface area contributed by atoms with E-state index in [1.54, 1.807) is 12.4 Å². The number of pyridine rings is 2. The Bertz CT molecular complexity index is 1180. The predicted molar refractivity (Wildman–Crippen MR) is 124 cm³/mol. The van der Waals surface area contributed by atoms with Gasteiger partial charge < -0.3 is 14.6 Å². The van der Waals surface area contributed by atoms with Crippen LogP contribution < -0.4 is 5.32 Å². The molecule has 1 aliphatic rings. The first-order chi connectivity index (χ1) is 15.2. The van der Waals surface area contributed by atoms with E-state index >= 15 is 0 Å². The lowest BCUT2D eigenvalue weighted by Gasteiger charge is -2.26. The van der Waals surface area contributed by atoms with Gasteiger partial charge in [0, 0.05) is 35.7 Å². The van der Waals surface area contributed by atoms with Crippen molar-refractivity contribution in [2.24, 2.45) is 0 Å². The highest BCUT2D eigenvalue weighted by atomic mass is 35.5. The van der Waals surface area contributed by atoms with Crippen molar-refractivity contribution in [1.82, 2.24) is 20.2 Å². The Balaban J connectivity index is 1.53. The van der Waals surface area contributed by atoms with Crippen LogP contribution in [0.1, 0.15) is 29.1 Å². The van der Waals surface area contributed by atoms with Crippen LogP contribution in [0.4, 0.5) is 0 Å². The molecule has 1 N–H and O–H groups in total. The average molecular weight is 447 g/mol. The van der Waals surface area contributed by atoms with E-state index in [-0.39, 0.29) is 12.1 Å². The first kappa shape index (κ1) is 19.7. The number of hydrogen-bond acceptors (Lipinski definition) is 4. The van der Waals surface area contributed by atoms with Crippen molar-refractivity contribution in [2.45, 2.75) is 18.6 Å². The third kappa shape index (κ3) is 4.04. The molecule has 7 heteroatoms. The molecule has 31 heavy (non-hydrogen) atoms. The van der Waals surface area contributed by atoms with Crippen molar-refractivity contribution < 1.29 is 4.42 Å². The standard InChI is InChI=1S/C24H19ClN4OS/c25-18-8-6-17(7-9-18)20-10-11-21(30-20)23-22(19-5-1-2-13-27-19)28-24(31)29(23)15-16-4-3-12-26-14-16/h1-14,22-23H,15H2,(H,28,31)/t22-,23-/m1/s1. The van der Waals surface area contributed by atoms with Crippen molar-refractivity contribution in [2.75, 3.05) is 0 Å². The van der Waals surface area contributed by atoms with Gasteiger partial charge in [0.25, 0.3) is 0 Å². The van der Waals surface area contributed by atoms with Gasteiger partial charge >= 0.3 is 0 Å². The van der Waals surface area contributed by atoms with Crippen LogP contribution >= 0.6 is 23.8 Å². The van der Waals surface area contributed by atoms with Crippen LogP contribution in [0, 0.1) is 0 Å². The van der Waals surface area contributed by atoms with Crippen LogP contribution in [0.3, 0.4) is 0 Å². The SMILES string of the molecule is S=C1N[C@H](c2ccccn2)[C@@H](c2ccc(-c3ccc(Cl)cc3)o2)N1Cc1cccnc1. The molecule has 1 saturated heterocycles. The van der Waals surface area contributed by atoms with Gasteiger partial charge in [-0.25, -0.2) is 0 Å². The smallest absolute Gasteiger partial charge is 0.170 e. The molecular weight excluding hydrogens is 428 g/mol. The summed E-state index contributed by atoms with van der Waals surface area (Å²) < 4.78 is 6.33. The molecule has 0 saturated carbocycles. The van der Waals surface area contributed by atoms with Crippen LogP contribution in [0.2, 0.25) is 5.02 Å². The summed E-state index contributed by atoms with van der Waals surface area (Å²) in [6.45, 7) is 0.616. The summed E-state index contributed by atoms with van der Waals surface area (Å²) in [6.07, 6.45) is 5.42. The Morgan fingerprint density at radius 2 is 1.87 bits per heavy atom. The van der Waals surface area contributed by atoms with E-state index in [0.29, 0.717) is 16.7 Å². The molecule has 0 bridgehead atoms. The van der Waals surface area contributed by atoms with E-state index in [1.807, 2.05) is 72.9 Å². The zero-order valence-electron chi connectivity index (χ0n) is 16.5. The quantitative estimate of drug-likeness (QED) is 0.405. The summed E-state index contributed by atoms with van der Waals surface area (Å²) in [6, 6.07) is 21.2. The number of nitrogens with one attached hydrogen (secondary N) is 1. The molecule has 4 aromatic rings. The Kier molecular flexibility index (Phi) is 5.40. The third-order valence-corrected chi connectivity index (χ3v) is 5.92. The maximum absolute atomic E-state index is 6.33. The zero-order valence-corrected chi connectivity index (χ0v) is 18.1. The molecule has 0 amide bonds. The summed E-state index contributed by atoms with van der Waals surface area (Å²) in [5, 5.41) is 4.80. The molecule has 1 aromatic carbocycles. The molecule has 2 atom stereocenters. The molecule has 4 heterocycles. The van der Waals surface area contributed by atoms with E-state index in [2.05, 4.69) is 20.2 Å².